The highest BCUT2D eigenvalue weighted by Gasteiger charge is 2.13. The number of halogens is 2. The van der Waals surface area contributed by atoms with Crippen molar-refractivity contribution in [2.75, 3.05) is 13.1 Å². The van der Waals surface area contributed by atoms with Gasteiger partial charge < -0.3 is 9.73 Å². The molecule has 1 N–H and O–H groups in total. The van der Waals surface area contributed by atoms with Crippen molar-refractivity contribution in [1.29, 1.82) is 0 Å². The molecule has 0 fully saturated rings. The maximum atomic E-state index is 13.9. The van der Waals surface area contributed by atoms with Crippen molar-refractivity contribution < 1.29 is 8.81 Å². The highest BCUT2D eigenvalue weighted by molar-refractivity contribution is 6.31. The van der Waals surface area contributed by atoms with Crippen molar-refractivity contribution in [3.05, 3.63) is 41.1 Å². The topological polar surface area (TPSA) is 38.1 Å². The predicted octanol–water partition coefficient (Wildman–Crippen LogP) is 4.07. The molecule has 108 valence electrons. The molecular weight excluding hydrogens is 279 g/mol. The summed E-state index contributed by atoms with van der Waals surface area (Å²) < 4.78 is 19.4. The van der Waals surface area contributed by atoms with E-state index in [0.717, 1.165) is 32.4 Å². The van der Waals surface area contributed by atoms with Crippen LogP contribution in [0, 0.1) is 5.82 Å². The first kappa shape index (κ1) is 15.0. The number of aromatic nitrogens is 1. The van der Waals surface area contributed by atoms with E-state index in [1.165, 1.54) is 6.07 Å². The smallest absolute Gasteiger partial charge is 0.194 e. The van der Waals surface area contributed by atoms with Crippen LogP contribution in [0.25, 0.3) is 11.3 Å². The molecule has 1 aromatic heterocycles. The molecular formula is C15H18ClFN2O. The van der Waals surface area contributed by atoms with Gasteiger partial charge in [0.05, 0.1) is 16.8 Å². The molecule has 2 rings (SSSR count). The molecule has 0 amide bonds. The lowest BCUT2D eigenvalue weighted by molar-refractivity contribution is 0.488. The lowest BCUT2D eigenvalue weighted by Crippen LogP contribution is -2.16. The number of benzene rings is 1. The zero-order chi connectivity index (χ0) is 14.4. The Balaban J connectivity index is 1.97. The van der Waals surface area contributed by atoms with Gasteiger partial charge in [0.25, 0.3) is 0 Å². The summed E-state index contributed by atoms with van der Waals surface area (Å²) in [5, 5.41) is 3.40. The van der Waals surface area contributed by atoms with Crippen molar-refractivity contribution in [2.45, 2.75) is 26.2 Å². The first-order valence-corrected chi connectivity index (χ1v) is 7.20. The van der Waals surface area contributed by atoms with Gasteiger partial charge in [0, 0.05) is 6.42 Å². The van der Waals surface area contributed by atoms with Crippen LogP contribution in [0.1, 0.15) is 25.7 Å². The second-order valence-electron chi connectivity index (χ2n) is 4.57. The van der Waals surface area contributed by atoms with Crippen LogP contribution >= 0.6 is 11.6 Å². The molecule has 0 radical (unpaired) electrons. The van der Waals surface area contributed by atoms with Crippen LogP contribution in [0.2, 0.25) is 5.02 Å². The van der Waals surface area contributed by atoms with Gasteiger partial charge in [-0.05, 0) is 38.1 Å². The standard InChI is InChI=1S/C15H18ClFN2O/c1-2-8-18-9-4-7-14-19-10-13(20-14)11-5-3-6-12(16)15(11)17/h3,5-6,10,18H,2,4,7-9H2,1H3. The van der Waals surface area contributed by atoms with Gasteiger partial charge in [0.15, 0.2) is 17.5 Å². The Hall–Kier alpha value is -1.39. The van der Waals surface area contributed by atoms with Crippen LogP contribution in [-0.2, 0) is 6.42 Å². The molecule has 0 aliphatic heterocycles. The normalized spacial score (nSPS) is 10.9. The first-order chi connectivity index (χ1) is 9.72. The highest BCUT2D eigenvalue weighted by atomic mass is 35.5. The third-order valence-electron chi connectivity index (χ3n) is 2.94. The second kappa shape index (κ2) is 7.41. The van der Waals surface area contributed by atoms with Gasteiger partial charge in [-0.2, -0.15) is 0 Å². The molecule has 0 unspecified atom stereocenters. The molecule has 1 aromatic carbocycles. The number of oxazole rings is 1. The Labute approximate surface area is 123 Å². The predicted molar refractivity (Wildman–Crippen MR) is 78.4 cm³/mol. The number of aryl methyl sites for hydroxylation is 1. The number of hydrogen-bond donors (Lipinski definition) is 1. The Morgan fingerprint density at radius 2 is 2.20 bits per heavy atom. The quantitative estimate of drug-likeness (QED) is 0.783. The first-order valence-electron chi connectivity index (χ1n) is 6.82. The van der Waals surface area contributed by atoms with Crippen LogP contribution in [0.5, 0.6) is 0 Å². The van der Waals surface area contributed by atoms with Crippen molar-refractivity contribution >= 4 is 11.6 Å². The lowest BCUT2D eigenvalue weighted by atomic mass is 10.2. The SMILES string of the molecule is CCCNCCCc1ncc(-c2cccc(Cl)c2F)o1. The zero-order valence-electron chi connectivity index (χ0n) is 11.5. The second-order valence-corrected chi connectivity index (χ2v) is 4.98. The summed E-state index contributed by atoms with van der Waals surface area (Å²) in [6.45, 7) is 4.08. The highest BCUT2D eigenvalue weighted by Crippen LogP contribution is 2.28. The molecule has 3 nitrogen and oxygen atoms in total. The number of rotatable bonds is 7. The molecule has 0 bridgehead atoms. The monoisotopic (exact) mass is 296 g/mol. The fraction of sp³-hybridized carbons (Fsp3) is 0.400. The lowest BCUT2D eigenvalue weighted by Gasteiger charge is -2.01. The zero-order valence-corrected chi connectivity index (χ0v) is 12.2. The minimum Gasteiger partial charge on any atom is -0.441 e. The summed E-state index contributed by atoms with van der Waals surface area (Å²) in [6, 6.07) is 4.84. The molecule has 5 heteroatoms. The summed E-state index contributed by atoms with van der Waals surface area (Å²) in [5.41, 5.74) is 0.348. The van der Waals surface area contributed by atoms with Crippen molar-refractivity contribution in [2.24, 2.45) is 0 Å². The van der Waals surface area contributed by atoms with E-state index >= 15 is 0 Å². The van der Waals surface area contributed by atoms with Crippen molar-refractivity contribution in [3.8, 4) is 11.3 Å². The van der Waals surface area contributed by atoms with Gasteiger partial charge in [-0.1, -0.05) is 24.6 Å². The summed E-state index contributed by atoms with van der Waals surface area (Å²) >= 11 is 5.76. The largest absolute Gasteiger partial charge is 0.441 e. The average Bonchev–Trinajstić information content (AvgIpc) is 2.90. The van der Waals surface area contributed by atoms with Gasteiger partial charge >= 0.3 is 0 Å². The summed E-state index contributed by atoms with van der Waals surface area (Å²) in [5.74, 6) is 0.570. The fourth-order valence-electron chi connectivity index (χ4n) is 1.91. The third-order valence-corrected chi connectivity index (χ3v) is 3.23. The van der Waals surface area contributed by atoms with Crippen LogP contribution in [0.4, 0.5) is 4.39 Å². The van der Waals surface area contributed by atoms with Gasteiger partial charge in [-0.25, -0.2) is 9.37 Å². The van der Waals surface area contributed by atoms with Crippen LogP contribution < -0.4 is 5.32 Å². The summed E-state index contributed by atoms with van der Waals surface area (Å²) in [6.07, 6.45) is 4.34. The van der Waals surface area contributed by atoms with E-state index in [9.17, 15) is 4.39 Å². The van der Waals surface area contributed by atoms with E-state index in [2.05, 4.69) is 17.2 Å². The Bertz CT molecular complexity index is 557. The van der Waals surface area contributed by atoms with Gasteiger partial charge in [0.2, 0.25) is 0 Å². The van der Waals surface area contributed by atoms with Gasteiger partial charge in [0.1, 0.15) is 0 Å². The van der Waals surface area contributed by atoms with E-state index in [1.54, 1.807) is 18.3 Å². The fourth-order valence-corrected chi connectivity index (χ4v) is 2.09. The number of nitrogens with one attached hydrogen (secondary N) is 1. The van der Waals surface area contributed by atoms with E-state index in [0.29, 0.717) is 17.2 Å². The molecule has 20 heavy (non-hydrogen) atoms. The molecule has 2 aromatic rings. The molecule has 0 saturated carbocycles. The minimum atomic E-state index is -0.471. The van der Waals surface area contributed by atoms with E-state index < -0.39 is 5.82 Å². The van der Waals surface area contributed by atoms with Gasteiger partial charge in [-0.3, -0.25) is 0 Å². The van der Waals surface area contributed by atoms with E-state index in [1.807, 2.05) is 0 Å². The molecule has 0 atom stereocenters. The molecule has 0 aliphatic rings. The summed E-state index contributed by atoms with van der Waals surface area (Å²) in [4.78, 5) is 4.18. The average molecular weight is 297 g/mol. The molecule has 0 saturated heterocycles. The maximum Gasteiger partial charge on any atom is 0.194 e. The van der Waals surface area contributed by atoms with E-state index in [4.69, 9.17) is 16.0 Å². The summed E-state index contributed by atoms with van der Waals surface area (Å²) in [7, 11) is 0. The number of hydrogen-bond acceptors (Lipinski definition) is 3. The Morgan fingerprint density at radius 1 is 1.35 bits per heavy atom. The molecule has 0 aliphatic carbocycles. The minimum absolute atomic E-state index is 0.0872. The Morgan fingerprint density at radius 3 is 3.00 bits per heavy atom. The van der Waals surface area contributed by atoms with Crippen LogP contribution in [-0.4, -0.2) is 18.1 Å². The molecule has 1 heterocycles. The molecule has 0 spiro atoms. The van der Waals surface area contributed by atoms with Crippen molar-refractivity contribution in [3.63, 3.8) is 0 Å². The van der Waals surface area contributed by atoms with Crippen LogP contribution in [0.3, 0.4) is 0 Å². The number of nitrogens with zero attached hydrogens (tertiary/aromatic N) is 1. The van der Waals surface area contributed by atoms with Crippen molar-refractivity contribution in [1.82, 2.24) is 10.3 Å². The van der Waals surface area contributed by atoms with E-state index in [-0.39, 0.29) is 5.02 Å². The third kappa shape index (κ3) is 3.81. The van der Waals surface area contributed by atoms with Crippen LogP contribution in [0.15, 0.2) is 28.8 Å². The Kier molecular flexibility index (Phi) is 5.56. The van der Waals surface area contributed by atoms with Gasteiger partial charge in [-0.15, -0.1) is 0 Å². The maximum absolute atomic E-state index is 13.9.